The number of hydrogen-bond donors (Lipinski definition) is 0. The van der Waals surface area contributed by atoms with E-state index < -0.39 is 0 Å². The zero-order chi connectivity index (χ0) is 23.7. The number of amidine groups is 1. The van der Waals surface area contributed by atoms with E-state index in [1.807, 2.05) is 24.3 Å². The molecule has 0 bridgehead atoms. The van der Waals surface area contributed by atoms with Crippen LogP contribution in [0.4, 0.5) is 5.69 Å². The van der Waals surface area contributed by atoms with E-state index in [0.29, 0.717) is 25.9 Å². The summed E-state index contributed by atoms with van der Waals surface area (Å²) in [7, 11) is 1.64. The third-order valence-electron chi connectivity index (χ3n) is 6.04. The maximum atomic E-state index is 9.14. The number of hydrogen-bond acceptors (Lipinski definition) is 5. The van der Waals surface area contributed by atoms with Crippen LogP contribution in [0.2, 0.25) is 0 Å². The molecule has 0 N–H and O–H groups in total. The molecule has 5 nitrogen and oxygen atoms in total. The highest BCUT2D eigenvalue weighted by Gasteiger charge is 2.17. The molecule has 0 saturated heterocycles. The Morgan fingerprint density at radius 1 is 0.938 bits per heavy atom. The topological polar surface area (TPSA) is 72.4 Å². The van der Waals surface area contributed by atoms with Crippen molar-refractivity contribution in [2.75, 3.05) is 20.2 Å². The first-order valence-electron chi connectivity index (χ1n) is 10.7. The lowest BCUT2D eigenvalue weighted by Crippen LogP contribution is -2.31. The first-order chi connectivity index (χ1) is 15.3. The van der Waals surface area contributed by atoms with E-state index >= 15 is 0 Å². The number of benzene rings is 2. The van der Waals surface area contributed by atoms with Crippen LogP contribution >= 0.6 is 11.8 Å². The fourth-order valence-electron chi connectivity index (χ4n) is 3.59. The fourth-order valence-corrected chi connectivity index (χ4v) is 4.83. The van der Waals surface area contributed by atoms with Crippen LogP contribution in [0.5, 0.6) is 5.75 Å². The summed E-state index contributed by atoms with van der Waals surface area (Å²) in [6, 6.07) is 12.1. The number of methoxy groups -OCH3 is 1. The molecule has 0 aliphatic rings. The van der Waals surface area contributed by atoms with Crippen molar-refractivity contribution >= 4 is 22.6 Å². The monoisotopic (exact) mass is 448 g/mol. The Morgan fingerprint density at radius 2 is 1.50 bits per heavy atom. The second-order valence-electron chi connectivity index (χ2n) is 7.79. The van der Waals surface area contributed by atoms with Crippen molar-refractivity contribution < 1.29 is 4.74 Å². The minimum atomic E-state index is 0.379. The standard InChI is InChI=1S/C26H32N4OS/c1-18-19(2)21(4)25(22(5)20(18)3)17-32-26(30(14-8-12-27)15-9-13-28)29-23-10-7-11-24(16-23)31-6/h7,10-11,16H,8-9,14-15,17H2,1-6H3. The average Bonchev–Trinajstić information content (AvgIpc) is 2.81. The summed E-state index contributed by atoms with van der Waals surface area (Å²) >= 11 is 1.66. The molecule has 0 spiro atoms. The number of rotatable bonds is 8. The van der Waals surface area contributed by atoms with Gasteiger partial charge in [-0.05, 0) is 80.1 Å². The molecule has 0 unspecified atom stereocenters. The first-order valence-corrected chi connectivity index (χ1v) is 11.7. The lowest BCUT2D eigenvalue weighted by Gasteiger charge is -2.25. The summed E-state index contributed by atoms with van der Waals surface area (Å²) in [5.41, 5.74) is 8.77. The lowest BCUT2D eigenvalue weighted by molar-refractivity contribution is 0.415. The number of ether oxygens (including phenoxy) is 1. The predicted octanol–water partition coefficient (Wildman–Crippen LogP) is 6.29. The van der Waals surface area contributed by atoms with Crippen molar-refractivity contribution in [1.82, 2.24) is 4.90 Å². The number of nitrogens with zero attached hydrogens (tertiary/aromatic N) is 4. The summed E-state index contributed by atoms with van der Waals surface area (Å²) in [5.74, 6) is 1.52. The molecule has 0 fully saturated rings. The van der Waals surface area contributed by atoms with Gasteiger partial charge in [0.05, 0.1) is 37.8 Å². The van der Waals surface area contributed by atoms with Gasteiger partial charge in [0.25, 0.3) is 0 Å². The highest BCUT2D eigenvalue weighted by Crippen LogP contribution is 2.31. The van der Waals surface area contributed by atoms with Crippen LogP contribution in [0, 0.1) is 57.3 Å². The second-order valence-corrected chi connectivity index (χ2v) is 8.73. The molecule has 0 aliphatic heterocycles. The molecule has 0 amide bonds. The quantitative estimate of drug-likeness (QED) is 0.351. The summed E-state index contributed by atoms with van der Waals surface area (Å²) in [4.78, 5) is 6.97. The zero-order valence-corrected chi connectivity index (χ0v) is 20.8. The average molecular weight is 449 g/mol. The largest absolute Gasteiger partial charge is 0.497 e. The van der Waals surface area contributed by atoms with Crippen LogP contribution in [0.1, 0.15) is 46.2 Å². The molecule has 2 aromatic carbocycles. The van der Waals surface area contributed by atoms with E-state index in [9.17, 15) is 0 Å². The lowest BCUT2D eigenvalue weighted by atomic mass is 9.90. The molecule has 0 radical (unpaired) electrons. The zero-order valence-electron chi connectivity index (χ0n) is 20.0. The van der Waals surface area contributed by atoms with Gasteiger partial charge < -0.3 is 9.64 Å². The normalized spacial score (nSPS) is 11.1. The summed E-state index contributed by atoms with van der Waals surface area (Å²) in [6.07, 6.45) is 0.758. The molecule has 0 saturated carbocycles. The minimum absolute atomic E-state index is 0.379. The van der Waals surface area contributed by atoms with Gasteiger partial charge in [-0.25, -0.2) is 4.99 Å². The molecule has 32 heavy (non-hydrogen) atoms. The molecule has 0 atom stereocenters. The molecule has 0 aliphatic carbocycles. The molecular formula is C26H32N4OS. The van der Waals surface area contributed by atoms with E-state index in [1.54, 1.807) is 18.9 Å². The van der Waals surface area contributed by atoms with E-state index in [2.05, 4.69) is 51.7 Å². The number of nitriles is 2. The Hall–Kier alpha value is -2.96. The maximum Gasteiger partial charge on any atom is 0.164 e. The maximum absolute atomic E-state index is 9.14. The Labute approximate surface area is 196 Å². The van der Waals surface area contributed by atoms with Crippen molar-refractivity contribution in [2.24, 2.45) is 4.99 Å². The molecule has 6 heteroatoms. The van der Waals surface area contributed by atoms with Crippen molar-refractivity contribution in [2.45, 2.75) is 53.2 Å². The molecule has 0 aromatic heterocycles. The Morgan fingerprint density at radius 3 is 2.03 bits per heavy atom. The van der Waals surface area contributed by atoms with Crippen LogP contribution < -0.4 is 4.74 Å². The smallest absolute Gasteiger partial charge is 0.164 e. The highest BCUT2D eigenvalue weighted by molar-refractivity contribution is 8.13. The highest BCUT2D eigenvalue weighted by atomic mass is 32.2. The van der Waals surface area contributed by atoms with Crippen molar-refractivity contribution in [3.8, 4) is 17.9 Å². The Kier molecular flexibility index (Phi) is 9.62. The van der Waals surface area contributed by atoms with Crippen LogP contribution in [0.15, 0.2) is 29.3 Å². The van der Waals surface area contributed by atoms with Crippen LogP contribution in [-0.2, 0) is 5.75 Å². The van der Waals surface area contributed by atoms with Crippen molar-refractivity contribution in [1.29, 1.82) is 10.5 Å². The third-order valence-corrected chi connectivity index (χ3v) is 7.08. The second kappa shape index (κ2) is 12.2. The van der Waals surface area contributed by atoms with Gasteiger partial charge in [0.15, 0.2) is 5.17 Å². The third kappa shape index (κ3) is 6.28. The van der Waals surface area contributed by atoms with Gasteiger partial charge in [-0.2, -0.15) is 10.5 Å². The van der Waals surface area contributed by atoms with Gasteiger partial charge in [-0.3, -0.25) is 0 Å². The van der Waals surface area contributed by atoms with Crippen molar-refractivity contribution in [3.63, 3.8) is 0 Å². The van der Waals surface area contributed by atoms with E-state index in [0.717, 1.165) is 22.4 Å². The van der Waals surface area contributed by atoms with Gasteiger partial charge in [-0.1, -0.05) is 17.8 Å². The van der Waals surface area contributed by atoms with Gasteiger partial charge >= 0.3 is 0 Å². The minimum Gasteiger partial charge on any atom is -0.497 e. The predicted molar refractivity (Wildman–Crippen MR) is 134 cm³/mol. The Bertz CT molecular complexity index is 1020. The molecule has 168 valence electrons. The van der Waals surface area contributed by atoms with E-state index in [4.69, 9.17) is 20.3 Å². The first kappa shape index (κ1) is 25.3. The molecule has 0 heterocycles. The number of aliphatic imine (C=N–C) groups is 1. The summed E-state index contributed by atoms with van der Waals surface area (Å²) in [6.45, 7) is 12.0. The van der Waals surface area contributed by atoms with Gasteiger partial charge in [0, 0.05) is 24.9 Å². The van der Waals surface area contributed by atoms with E-state index in [-0.39, 0.29) is 0 Å². The molecular weight excluding hydrogens is 416 g/mol. The van der Waals surface area contributed by atoms with E-state index in [1.165, 1.54) is 33.4 Å². The SMILES string of the molecule is COc1cccc(N=C(SCc2c(C)c(C)c(C)c(C)c2C)N(CCC#N)CCC#N)c1. The van der Waals surface area contributed by atoms with Crippen LogP contribution in [0.3, 0.4) is 0 Å². The summed E-state index contributed by atoms with van der Waals surface area (Å²) < 4.78 is 5.35. The summed E-state index contributed by atoms with van der Waals surface area (Å²) in [5, 5.41) is 19.1. The number of thioether (sulfide) groups is 1. The molecule has 2 rings (SSSR count). The van der Waals surface area contributed by atoms with Crippen LogP contribution in [-0.4, -0.2) is 30.3 Å². The van der Waals surface area contributed by atoms with Gasteiger partial charge in [0.1, 0.15) is 5.75 Å². The Balaban J connectivity index is 2.46. The van der Waals surface area contributed by atoms with Crippen LogP contribution in [0.25, 0.3) is 0 Å². The van der Waals surface area contributed by atoms with Gasteiger partial charge in [0.2, 0.25) is 0 Å². The van der Waals surface area contributed by atoms with Gasteiger partial charge in [-0.15, -0.1) is 0 Å². The molecule has 2 aromatic rings. The van der Waals surface area contributed by atoms with Crippen molar-refractivity contribution in [3.05, 3.63) is 57.6 Å². The fraction of sp³-hybridized carbons (Fsp3) is 0.423.